The minimum Gasteiger partial charge on any atom is -0.456 e. The van der Waals surface area contributed by atoms with Gasteiger partial charge in [-0.05, 0) is 139 Å². The van der Waals surface area contributed by atoms with Crippen LogP contribution in [-0.2, 0) is 61.4 Å². The zero-order valence-electron chi connectivity index (χ0n) is 51.9. The number of fused-ring (bicyclic) bond motifs is 3. The number of esters is 1. The summed E-state index contributed by atoms with van der Waals surface area (Å²) in [6.45, 7) is 26.1. The van der Waals surface area contributed by atoms with Gasteiger partial charge in [0.05, 0.1) is 37.1 Å². The molecular formula is C66H98INO13Si. The number of alkyl halides is 1. The normalized spacial score (nSPS) is 38.9. The Labute approximate surface area is 505 Å². The molecular weight excluding hydrogens is 1170 g/mol. The molecule has 2 aromatic rings. The van der Waals surface area contributed by atoms with Gasteiger partial charge >= 0.3 is 5.97 Å². The molecule has 6 aliphatic heterocycles. The molecule has 2 spiro atoms. The Morgan fingerprint density at radius 2 is 1.40 bits per heavy atom. The highest BCUT2D eigenvalue weighted by molar-refractivity contribution is 14.1. The molecule has 0 aromatic heterocycles. The van der Waals surface area contributed by atoms with Crippen LogP contribution in [-0.4, -0.2) is 142 Å². The quantitative estimate of drug-likeness (QED) is 0.0774. The second-order valence-corrected chi connectivity index (χ2v) is 33.3. The van der Waals surface area contributed by atoms with Crippen molar-refractivity contribution in [1.29, 1.82) is 0 Å². The average Bonchev–Trinajstić information content (AvgIpc) is 3.87. The van der Waals surface area contributed by atoms with Crippen LogP contribution in [0, 0.1) is 29.6 Å². The third kappa shape index (κ3) is 13.1. The van der Waals surface area contributed by atoms with E-state index >= 15 is 9.59 Å². The predicted octanol–water partition coefficient (Wildman–Crippen LogP) is 11.4. The number of carbonyl (C=O) groups excluding carboxylic acids is 2. The SMILES string of the molecule is CO[C@H]1C[C@@H](C)CC(C)=C[C@H]2C[C@H](I)CO[C@@]23C[C@H](OC(C)(C)O3)[C@@H](C)[C@@H](/C(C)=C/[C@@H]2CC[C@@H](O[Si](c3ccccc3)(c3ccccc3)C(C)(C)C)[C@H](OC)C2)OC(=O)[C@@H]2CCCCN2C(=O)[C@@H]2OC(C)(C)O[C@@]23O[C@H]1[C@@H](OC)C[C@H]3C. The van der Waals surface area contributed by atoms with Crippen molar-refractivity contribution >= 4 is 53.2 Å². The molecule has 9 rings (SSSR count). The molecule has 0 radical (unpaired) electrons. The number of benzene rings is 2. The number of ether oxygens (including phenoxy) is 10. The number of cyclic esters (lactones) is 1. The number of halogens is 1. The fraction of sp³-hybridized carbons (Fsp3) is 0.727. The van der Waals surface area contributed by atoms with Gasteiger partial charge in [0.1, 0.15) is 18.2 Å². The molecule has 4 bridgehead atoms. The third-order valence-corrected chi connectivity index (χ3v) is 25.1. The van der Waals surface area contributed by atoms with Crippen LogP contribution in [0.4, 0.5) is 0 Å². The van der Waals surface area contributed by atoms with Crippen molar-refractivity contribution in [1.82, 2.24) is 4.90 Å². The standard InChI is InChI=1S/C66H98INO13Si/c1-41-32-42(2)34-54(72-14)58-55(73-15)36-44(4)66(77-58)59(78-64(11,12)81-66)60(69)68-31-23-22-28-51(68)61(70)75-57(45(5)56-39-65(80-63(9,10)76-56)47(33-41)38-48(67)40-74-65)43(3)35-46-29-30-52(53(37-46)71-13)79-82(62(6,7)8,49-24-18-16-19-25-49)50-26-20-17-21-27-50/h16-21,24-27,33,35,42,44-48,51-59H,22-23,28-32,34,36-40H2,1-15H3/b41-33?,43-35+/t42-,44+,45+,46-,47-,48-,51-,52+,53+,54-,55-,56-,57+,58+,59-,65+,66+/m0/s1. The number of nitrogens with zero attached hydrogens (tertiary/aromatic N) is 1. The van der Waals surface area contributed by atoms with Crippen molar-refractivity contribution in [3.05, 3.63) is 84.0 Å². The number of allylic oxidation sites excluding steroid dienone is 2. The Balaban J connectivity index is 1.09. The van der Waals surface area contributed by atoms with Gasteiger partial charge < -0.3 is 56.7 Å². The first-order valence-corrected chi connectivity index (χ1v) is 33.9. The fourth-order valence-electron chi connectivity index (χ4n) is 15.4. The summed E-state index contributed by atoms with van der Waals surface area (Å²) in [5, 5.41) is 2.28. The van der Waals surface area contributed by atoms with E-state index in [0.717, 1.165) is 50.5 Å². The number of hydrogen-bond donors (Lipinski definition) is 0. The summed E-state index contributed by atoms with van der Waals surface area (Å²) >= 11 is 2.51. The summed E-state index contributed by atoms with van der Waals surface area (Å²) in [4.78, 5) is 32.8. The van der Waals surface area contributed by atoms with Gasteiger partial charge in [0.15, 0.2) is 23.5 Å². The predicted molar refractivity (Wildman–Crippen MR) is 327 cm³/mol. The van der Waals surface area contributed by atoms with Crippen LogP contribution in [0.25, 0.3) is 0 Å². The van der Waals surface area contributed by atoms with Crippen molar-refractivity contribution in [3.8, 4) is 0 Å². The highest BCUT2D eigenvalue weighted by Crippen LogP contribution is 2.52. The maximum atomic E-state index is 15.6. The summed E-state index contributed by atoms with van der Waals surface area (Å²) in [6, 6.07) is 20.7. The maximum absolute atomic E-state index is 15.6. The molecule has 16 heteroatoms. The average molecular weight is 1270 g/mol. The van der Waals surface area contributed by atoms with Crippen LogP contribution in [0.15, 0.2) is 84.0 Å². The van der Waals surface area contributed by atoms with Gasteiger partial charge in [-0.25, -0.2) is 4.79 Å². The zero-order chi connectivity index (χ0) is 59.2. The second kappa shape index (κ2) is 25.6. The monoisotopic (exact) mass is 1270 g/mol. The summed E-state index contributed by atoms with van der Waals surface area (Å²) in [6.07, 6.45) is 8.17. The highest BCUT2D eigenvalue weighted by atomic mass is 127. The molecule has 1 saturated carbocycles. The molecule has 5 saturated heterocycles. The van der Waals surface area contributed by atoms with E-state index in [0.29, 0.717) is 38.8 Å². The summed E-state index contributed by atoms with van der Waals surface area (Å²) in [7, 11) is 2.33. The van der Waals surface area contributed by atoms with Crippen molar-refractivity contribution in [3.63, 3.8) is 0 Å². The largest absolute Gasteiger partial charge is 0.456 e. The third-order valence-electron chi connectivity index (χ3n) is 19.2. The van der Waals surface area contributed by atoms with Crippen LogP contribution in [0.3, 0.4) is 0 Å². The van der Waals surface area contributed by atoms with E-state index in [9.17, 15) is 0 Å². The van der Waals surface area contributed by atoms with E-state index in [1.165, 1.54) is 15.9 Å². The first kappa shape index (κ1) is 63.9. The first-order chi connectivity index (χ1) is 38.8. The Hall–Kier alpha value is -2.59. The van der Waals surface area contributed by atoms with Crippen LogP contribution < -0.4 is 10.4 Å². The lowest BCUT2D eigenvalue weighted by Crippen LogP contribution is -2.68. The molecule has 1 amide bonds. The second-order valence-electron chi connectivity index (χ2n) is 27.3. The Morgan fingerprint density at radius 1 is 0.768 bits per heavy atom. The van der Waals surface area contributed by atoms with Gasteiger partial charge in [-0.2, -0.15) is 0 Å². The van der Waals surface area contributed by atoms with Gasteiger partial charge in [0.25, 0.3) is 14.2 Å². The van der Waals surface area contributed by atoms with Gasteiger partial charge in [0.2, 0.25) is 5.79 Å². The number of piperidine rings is 1. The number of carbonyl (C=O) groups is 2. The Bertz CT molecular complexity index is 2520. The molecule has 6 fully saturated rings. The number of hydrogen-bond acceptors (Lipinski definition) is 13. The van der Waals surface area contributed by atoms with E-state index in [4.69, 9.17) is 51.8 Å². The van der Waals surface area contributed by atoms with Crippen LogP contribution in [0.1, 0.15) is 154 Å². The van der Waals surface area contributed by atoms with E-state index in [1.54, 1.807) is 26.2 Å². The van der Waals surface area contributed by atoms with Gasteiger partial charge in [-0.3, -0.25) is 4.79 Å². The lowest BCUT2D eigenvalue weighted by molar-refractivity contribution is -0.422. The molecule has 14 nitrogen and oxygen atoms in total. The number of methoxy groups -OCH3 is 3. The minimum atomic E-state index is -2.90. The molecule has 2 aromatic carbocycles. The molecule has 17 atom stereocenters. The van der Waals surface area contributed by atoms with Gasteiger partial charge in [-0.1, -0.05) is 143 Å². The van der Waals surface area contributed by atoms with Crippen molar-refractivity contribution < 1.29 is 61.4 Å². The van der Waals surface area contributed by atoms with Gasteiger partial charge in [-0.15, -0.1) is 0 Å². The highest BCUT2D eigenvalue weighted by Gasteiger charge is 2.66. The van der Waals surface area contributed by atoms with Crippen molar-refractivity contribution in [2.24, 2.45) is 29.6 Å². The van der Waals surface area contributed by atoms with Crippen molar-refractivity contribution in [2.75, 3.05) is 34.5 Å². The van der Waals surface area contributed by atoms with E-state index in [1.807, 2.05) is 34.6 Å². The number of rotatable bonds is 9. The fourth-order valence-corrected chi connectivity index (χ4v) is 20.9. The molecule has 0 N–H and O–H groups in total. The van der Waals surface area contributed by atoms with Gasteiger partial charge in [0, 0.05) is 56.0 Å². The van der Waals surface area contributed by atoms with Crippen molar-refractivity contribution in [2.45, 2.75) is 241 Å². The molecule has 0 unspecified atom stereocenters. The summed E-state index contributed by atoms with van der Waals surface area (Å²) in [5.74, 6) is -6.07. The topological polar surface area (TPSA) is 139 Å². The number of amides is 1. The molecule has 7 aliphatic rings. The summed E-state index contributed by atoms with van der Waals surface area (Å²) in [5.41, 5.74) is 2.15. The first-order valence-electron chi connectivity index (χ1n) is 30.7. The van der Waals surface area contributed by atoms with Crippen LogP contribution >= 0.6 is 22.6 Å². The van der Waals surface area contributed by atoms with E-state index in [-0.39, 0.29) is 62.8 Å². The zero-order valence-corrected chi connectivity index (χ0v) is 55.1. The Morgan fingerprint density at radius 3 is 2.04 bits per heavy atom. The van der Waals surface area contributed by atoms with E-state index < -0.39 is 74.0 Å². The molecule has 1 aliphatic carbocycles. The molecule has 456 valence electrons. The van der Waals surface area contributed by atoms with Crippen LogP contribution in [0.5, 0.6) is 0 Å². The summed E-state index contributed by atoms with van der Waals surface area (Å²) < 4.78 is 76.0. The maximum Gasteiger partial charge on any atom is 0.329 e. The van der Waals surface area contributed by atoms with Crippen LogP contribution in [0.2, 0.25) is 5.04 Å². The molecule has 6 heterocycles. The lowest BCUT2D eigenvalue weighted by atomic mass is 9.78. The minimum absolute atomic E-state index is 0.0871. The van der Waals surface area contributed by atoms with E-state index in [2.05, 4.69) is 144 Å². The Kier molecular flexibility index (Phi) is 20.0. The smallest absolute Gasteiger partial charge is 0.329 e. The molecule has 82 heavy (non-hydrogen) atoms. The lowest BCUT2D eigenvalue weighted by Gasteiger charge is -2.54.